The molecule has 0 bridgehead atoms. The maximum atomic E-state index is 9.83. The summed E-state index contributed by atoms with van der Waals surface area (Å²) < 4.78 is 0. The minimum atomic E-state index is -1.34. The molecule has 0 radical (unpaired) electrons. The summed E-state index contributed by atoms with van der Waals surface area (Å²) in [5.41, 5.74) is 6.08. The Morgan fingerprint density at radius 1 is 1.10 bits per heavy atom. The second-order valence-electron chi connectivity index (χ2n) is 6.38. The number of nitrogens with two attached hydrogens (primary N) is 1. The highest BCUT2D eigenvalue weighted by molar-refractivity contribution is 5.58. The van der Waals surface area contributed by atoms with Crippen molar-refractivity contribution in [3.63, 3.8) is 0 Å². The highest BCUT2D eigenvalue weighted by atomic mass is 14.8. The summed E-state index contributed by atoms with van der Waals surface area (Å²) in [5.74, 6) is 0.134. The predicted octanol–water partition coefficient (Wildman–Crippen LogP) is 3.06. The monoisotopic (exact) mass is 278 g/mol. The van der Waals surface area contributed by atoms with Crippen LogP contribution in [0.4, 0.5) is 0 Å². The Morgan fingerprint density at radius 3 is 2.33 bits per heavy atom. The summed E-state index contributed by atoms with van der Waals surface area (Å²) >= 11 is 0. The zero-order valence-corrected chi connectivity index (χ0v) is 12.0. The maximum Gasteiger partial charge on any atom is 0.190 e. The molecule has 0 aliphatic heterocycles. The molecule has 0 saturated heterocycles. The van der Waals surface area contributed by atoms with Gasteiger partial charge in [0.15, 0.2) is 5.41 Å². The molecule has 4 heteroatoms. The summed E-state index contributed by atoms with van der Waals surface area (Å²) in [6.45, 7) is 0. The van der Waals surface area contributed by atoms with Gasteiger partial charge in [0.2, 0.25) is 0 Å². The van der Waals surface area contributed by atoms with E-state index in [4.69, 9.17) is 5.73 Å². The van der Waals surface area contributed by atoms with Crippen molar-refractivity contribution in [3.05, 3.63) is 22.9 Å². The molecule has 1 atom stereocenters. The van der Waals surface area contributed by atoms with E-state index in [2.05, 4.69) is 24.3 Å². The van der Waals surface area contributed by atoms with Crippen LogP contribution in [0.5, 0.6) is 0 Å². The molecule has 2 N–H and O–H groups in total. The first-order valence-corrected chi connectivity index (χ1v) is 7.60. The molecule has 3 aliphatic carbocycles. The van der Waals surface area contributed by atoms with Gasteiger partial charge in [-0.3, -0.25) is 0 Å². The van der Waals surface area contributed by atoms with E-state index in [0.29, 0.717) is 5.57 Å². The SMILES string of the molecule is N#CC1=C(N)C(C#N)(C#N)C2(CCCC2)[C@H]2CCCC=C12. The van der Waals surface area contributed by atoms with Gasteiger partial charge < -0.3 is 5.73 Å². The van der Waals surface area contributed by atoms with Crippen molar-refractivity contribution in [2.45, 2.75) is 44.9 Å². The van der Waals surface area contributed by atoms with E-state index in [9.17, 15) is 15.8 Å². The molecule has 0 aromatic heterocycles. The minimum Gasteiger partial charge on any atom is -0.399 e. The third kappa shape index (κ3) is 1.47. The Hall–Kier alpha value is -2.25. The highest BCUT2D eigenvalue weighted by Crippen LogP contribution is 2.65. The molecule has 0 unspecified atom stereocenters. The predicted molar refractivity (Wildman–Crippen MR) is 76.8 cm³/mol. The zero-order valence-electron chi connectivity index (χ0n) is 12.0. The highest BCUT2D eigenvalue weighted by Gasteiger charge is 2.63. The van der Waals surface area contributed by atoms with Crippen molar-refractivity contribution in [2.24, 2.45) is 22.5 Å². The standard InChI is InChI=1S/C17H18N4/c18-9-13-12-5-1-2-6-14(12)16(7-3-4-8-16)17(10-19,11-20)15(13)21/h5,14H,1-4,6-8,21H2/t14-/m0/s1. The summed E-state index contributed by atoms with van der Waals surface area (Å²) in [6.07, 6.45) is 8.85. The molecule has 0 aromatic carbocycles. The van der Waals surface area contributed by atoms with Gasteiger partial charge in [0.05, 0.1) is 23.4 Å². The average molecular weight is 278 g/mol. The molecule has 4 nitrogen and oxygen atoms in total. The van der Waals surface area contributed by atoms with Crippen LogP contribution >= 0.6 is 0 Å². The van der Waals surface area contributed by atoms with E-state index in [1.165, 1.54) is 0 Å². The number of nitrogens with zero attached hydrogens (tertiary/aromatic N) is 3. The second kappa shape index (κ2) is 4.64. The van der Waals surface area contributed by atoms with Gasteiger partial charge in [0.1, 0.15) is 6.07 Å². The number of hydrogen-bond donors (Lipinski definition) is 1. The fourth-order valence-corrected chi connectivity index (χ4v) is 4.82. The van der Waals surface area contributed by atoms with Crippen molar-refractivity contribution in [1.29, 1.82) is 15.8 Å². The topological polar surface area (TPSA) is 97.4 Å². The first-order chi connectivity index (χ1) is 10.2. The molecule has 0 aromatic rings. The van der Waals surface area contributed by atoms with Crippen LogP contribution in [0.25, 0.3) is 0 Å². The fourth-order valence-electron chi connectivity index (χ4n) is 4.82. The largest absolute Gasteiger partial charge is 0.399 e. The molecule has 1 spiro atoms. The van der Waals surface area contributed by atoms with Crippen LogP contribution in [0.3, 0.4) is 0 Å². The van der Waals surface area contributed by atoms with Crippen molar-refractivity contribution in [3.8, 4) is 18.2 Å². The van der Waals surface area contributed by atoms with E-state index in [1.54, 1.807) is 0 Å². The molecule has 0 heterocycles. The molecule has 1 fully saturated rings. The second-order valence-corrected chi connectivity index (χ2v) is 6.38. The number of rotatable bonds is 0. The van der Waals surface area contributed by atoms with E-state index >= 15 is 0 Å². The zero-order chi connectivity index (χ0) is 15.1. The van der Waals surface area contributed by atoms with Crippen molar-refractivity contribution in [1.82, 2.24) is 0 Å². The van der Waals surface area contributed by atoms with Crippen molar-refractivity contribution in [2.75, 3.05) is 0 Å². The average Bonchev–Trinajstić information content (AvgIpc) is 3.00. The van der Waals surface area contributed by atoms with Crippen LogP contribution < -0.4 is 5.73 Å². The van der Waals surface area contributed by atoms with E-state index in [1.807, 2.05) is 0 Å². The van der Waals surface area contributed by atoms with Crippen LogP contribution in [-0.2, 0) is 0 Å². The fraction of sp³-hybridized carbons (Fsp3) is 0.588. The van der Waals surface area contributed by atoms with Gasteiger partial charge in [0, 0.05) is 5.41 Å². The van der Waals surface area contributed by atoms with Crippen LogP contribution in [0.15, 0.2) is 22.9 Å². The summed E-state index contributed by atoms with van der Waals surface area (Å²) in [6, 6.07) is 6.62. The lowest BCUT2D eigenvalue weighted by atomic mass is 9.48. The third-order valence-electron chi connectivity index (χ3n) is 5.76. The van der Waals surface area contributed by atoms with Gasteiger partial charge >= 0.3 is 0 Å². The molecule has 3 rings (SSSR count). The van der Waals surface area contributed by atoms with Crippen molar-refractivity contribution < 1.29 is 0 Å². The van der Waals surface area contributed by atoms with E-state index in [-0.39, 0.29) is 11.6 Å². The summed E-state index contributed by atoms with van der Waals surface area (Å²) in [7, 11) is 0. The normalized spacial score (nSPS) is 29.0. The first-order valence-electron chi connectivity index (χ1n) is 7.60. The Morgan fingerprint density at radius 2 is 1.76 bits per heavy atom. The van der Waals surface area contributed by atoms with Gasteiger partial charge in [-0.05, 0) is 43.6 Å². The molecule has 21 heavy (non-hydrogen) atoms. The Balaban J connectivity index is 2.35. The molecule has 0 amide bonds. The number of allylic oxidation sites excluding steroid dienone is 4. The number of nitriles is 3. The Labute approximate surface area is 125 Å². The summed E-state index contributed by atoms with van der Waals surface area (Å²) in [4.78, 5) is 0. The number of hydrogen-bond acceptors (Lipinski definition) is 4. The Bertz CT molecular complexity index is 642. The van der Waals surface area contributed by atoms with Crippen molar-refractivity contribution >= 4 is 0 Å². The molecular formula is C17H18N4. The van der Waals surface area contributed by atoms with Gasteiger partial charge in [-0.15, -0.1) is 0 Å². The van der Waals surface area contributed by atoms with E-state index < -0.39 is 10.8 Å². The van der Waals surface area contributed by atoms with Gasteiger partial charge in [-0.2, -0.15) is 15.8 Å². The molecular weight excluding hydrogens is 260 g/mol. The lowest BCUT2D eigenvalue weighted by molar-refractivity contribution is 0.0861. The maximum absolute atomic E-state index is 9.83. The third-order valence-corrected chi connectivity index (χ3v) is 5.76. The smallest absolute Gasteiger partial charge is 0.190 e. The molecule has 106 valence electrons. The number of fused-ring (bicyclic) bond motifs is 2. The van der Waals surface area contributed by atoms with Crippen LogP contribution in [0.2, 0.25) is 0 Å². The van der Waals surface area contributed by atoms with Crippen LogP contribution in [-0.4, -0.2) is 0 Å². The lowest BCUT2D eigenvalue weighted by Crippen LogP contribution is -2.52. The quantitative estimate of drug-likeness (QED) is 0.736. The van der Waals surface area contributed by atoms with Gasteiger partial charge in [0.25, 0.3) is 0 Å². The van der Waals surface area contributed by atoms with Gasteiger partial charge in [-0.1, -0.05) is 18.9 Å². The molecule has 1 saturated carbocycles. The minimum absolute atomic E-state index is 0.134. The lowest BCUT2D eigenvalue weighted by Gasteiger charge is -2.51. The molecule has 3 aliphatic rings. The van der Waals surface area contributed by atoms with Gasteiger partial charge in [-0.25, -0.2) is 0 Å². The van der Waals surface area contributed by atoms with Crippen LogP contribution in [0, 0.1) is 50.7 Å². The Kier molecular flexibility index (Phi) is 3.03. The van der Waals surface area contributed by atoms with Crippen LogP contribution in [0.1, 0.15) is 44.9 Å². The first kappa shape index (κ1) is 13.7. The summed E-state index contributed by atoms with van der Waals surface area (Å²) in [5, 5.41) is 29.2. The van der Waals surface area contributed by atoms with E-state index in [0.717, 1.165) is 50.5 Å².